The SMILES string of the molecule is Cc1ccc(C(C)NC(=O)Cc2coc(-c3ccccc3)n2)o1. The molecule has 1 amide bonds. The predicted molar refractivity (Wildman–Crippen MR) is 85.6 cm³/mol. The molecule has 1 aromatic carbocycles. The highest BCUT2D eigenvalue weighted by molar-refractivity contribution is 5.78. The normalized spacial score (nSPS) is 12.1. The molecule has 5 nitrogen and oxygen atoms in total. The summed E-state index contributed by atoms with van der Waals surface area (Å²) in [7, 11) is 0. The number of nitrogens with one attached hydrogen (secondary N) is 1. The molecule has 2 aromatic heterocycles. The summed E-state index contributed by atoms with van der Waals surface area (Å²) in [6.07, 6.45) is 1.68. The van der Waals surface area contributed by atoms with Gasteiger partial charge in [-0.1, -0.05) is 18.2 Å². The molecule has 118 valence electrons. The van der Waals surface area contributed by atoms with E-state index in [0.29, 0.717) is 11.6 Å². The summed E-state index contributed by atoms with van der Waals surface area (Å²) in [6.45, 7) is 3.76. The number of carbonyl (C=O) groups excluding carboxylic acids is 1. The monoisotopic (exact) mass is 310 g/mol. The zero-order chi connectivity index (χ0) is 16.2. The Balaban J connectivity index is 1.61. The van der Waals surface area contributed by atoms with Gasteiger partial charge in [-0.2, -0.15) is 0 Å². The van der Waals surface area contributed by atoms with Crippen LogP contribution in [0.2, 0.25) is 0 Å². The maximum Gasteiger partial charge on any atom is 0.226 e. The van der Waals surface area contributed by atoms with E-state index in [2.05, 4.69) is 10.3 Å². The van der Waals surface area contributed by atoms with E-state index in [1.165, 1.54) is 6.26 Å². The van der Waals surface area contributed by atoms with Crippen molar-refractivity contribution in [2.75, 3.05) is 0 Å². The van der Waals surface area contributed by atoms with E-state index in [9.17, 15) is 4.79 Å². The van der Waals surface area contributed by atoms with Crippen molar-refractivity contribution in [1.29, 1.82) is 0 Å². The Morgan fingerprint density at radius 1 is 1.22 bits per heavy atom. The van der Waals surface area contributed by atoms with Crippen molar-refractivity contribution in [2.45, 2.75) is 26.3 Å². The number of carbonyl (C=O) groups is 1. The van der Waals surface area contributed by atoms with Crippen molar-refractivity contribution < 1.29 is 13.6 Å². The van der Waals surface area contributed by atoms with Crippen LogP contribution in [0.25, 0.3) is 11.5 Å². The number of amides is 1. The third-order valence-corrected chi connectivity index (χ3v) is 3.48. The van der Waals surface area contributed by atoms with Gasteiger partial charge in [0.1, 0.15) is 17.8 Å². The van der Waals surface area contributed by atoms with E-state index < -0.39 is 0 Å². The summed E-state index contributed by atoms with van der Waals surface area (Å²) in [5.74, 6) is 1.95. The predicted octanol–water partition coefficient (Wildman–Crippen LogP) is 3.66. The Bertz CT molecular complexity index is 789. The molecule has 1 N–H and O–H groups in total. The highest BCUT2D eigenvalue weighted by Gasteiger charge is 2.15. The minimum absolute atomic E-state index is 0.125. The molecule has 5 heteroatoms. The van der Waals surface area contributed by atoms with Crippen LogP contribution < -0.4 is 5.32 Å². The number of furan rings is 1. The van der Waals surface area contributed by atoms with Gasteiger partial charge < -0.3 is 14.2 Å². The van der Waals surface area contributed by atoms with Crippen molar-refractivity contribution in [1.82, 2.24) is 10.3 Å². The molecule has 1 unspecified atom stereocenters. The molecule has 0 spiro atoms. The van der Waals surface area contributed by atoms with E-state index in [4.69, 9.17) is 8.83 Å². The van der Waals surface area contributed by atoms with E-state index in [1.807, 2.05) is 56.3 Å². The molecule has 0 aliphatic carbocycles. The number of nitrogens with zero attached hydrogens (tertiary/aromatic N) is 1. The van der Waals surface area contributed by atoms with Crippen LogP contribution in [0.1, 0.15) is 30.2 Å². The molecule has 0 fully saturated rings. The summed E-state index contributed by atoms with van der Waals surface area (Å²) in [4.78, 5) is 16.5. The van der Waals surface area contributed by atoms with Gasteiger partial charge in [-0.3, -0.25) is 4.79 Å². The molecule has 0 radical (unpaired) electrons. The molecule has 3 aromatic rings. The molecular weight excluding hydrogens is 292 g/mol. The number of aryl methyl sites for hydroxylation is 1. The van der Waals surface area contributed by atoms with Crippen LogP contribution in [0.5, 0.6) is 0 Å². The van der Waals surface area contributed by atoms with E-state index in [-0.39, 0.29) is 18.4 Å². The zero-order valence-corrected chi connectivity index (χ0v) is 13.1. The fraction of sp³-hybridized carbons (Fsp3) is 0.222. The van der Waals surface area contributed by atoms with Gasteiger partial charge in [0.25, 0.3) is 0 Å². The molecule has 0 aliphatic heterocycles. The van der Waals surface area contributed by atoms with E-state index >= 15 is 0 Å². The average Bonchev–Trinajstić information content (AvgIpc) is 3.17. The fourth-order valence-electron chi connectivity index (χ4n) is 2.32. The first kappa shape index (κ1) is 15.1. The van der Waals surface area contributed by atoms with Gasteiger partial charge in [0.15, 0.2) is 0 Å². The summed E-state index contributed by atoms with van der Waals surface area (Å²) < 4.78 is 10.9. The molecule has 1 atom stereocenters. The Morgan fingerprint density at radius 3 is 2.70 bits per heavy atom. The van der Waals surface area contributed by atoms with Gasteiger partial charge in [-0.05, 0) is 38.1 Å². The molecular formula is C18H18N2O3. The minimum atomic E-state index is -0.184. The van der Waals surface area contributed by atoms with Crippen LogP contribution in [0, 0.1) is 6.92 Å². The molecule has 3 rings (SSSR count). The minimum Gasteiger partial charge on any atom is -0.464 e. The second kappa shape index (κ2) is 6.52. The Labute approximate surface area is 134 Å². The van der Waals surface area contributed by atoms with Gasteiger partial charge in [0, 0.05) is 5.56 Å². The first-order chi connectivity index (χ1) is 11.1. The van der Waals surface area contributed by atoms with Crippen LogP contribution in [-0.2, 0) is 11.2 Å². The van der Waals surface area contributed by atoms with Gasteiger partial charge >= 0.3 is 0 Å². The van der Waals surface area contributed by atoms with Crippen molar-refractivity contribution in [3.8, 4) is 11.5 Å². The first-order valence-corrected chi connectivity index (χ1v) is 7.47. The molecule has 0 saturated carbocycles. The van der Waals surface area contributed by atoms with E-state index in [1.54, 1.807) is 0 Å². The fourth-order valence-corrected chi connectivity index (χ4v) is 2.32. The van der Waals surface area contributed by atoms with E-state index in [0.717, 1.165) is 17.1 Å². The third-order valence-electron chi connectivity index (χ3n) is 3.48. The van der Waals surface area contributed by atoms with Gasteiger partial charge in [-0.15, -0.1) is 0 Å². The Morgan fingerprint density at radius 2 is 2.00 bits per heavy atom. The summed E-state index contributed by atoms with van der Waals surface area (Å²) in [5.41, 5.74) is 1.49. The van der Waals surface area contributed by atoms with Gasteiger partial charge in [-0.25, -0.2) is 4.98 Å². The second-order valence-electron chi connectivity index (χ2n) is 5.42. The van der Waals surface area contributed by atoms with Crippen molar-refractivity contribution in [2.24, 2.45) is 0 Å². The van der Waals surface area contributed by atoms with Crippen LogP contribution in [-0.4, -0.2) is 10.9 Å². The lowest BCUT2D eigenvalue weighted by molar-refractivity contribution is -0.121. The lowest BCUT2D eigenvalue weighted by Crippen LogP contribution is -2.27. The summed E-state index contributed by atoms with van der Waals surface area (Å²) >= 11 is 0. The largest absolute Gasteiger partial charge is 0.464 e. The summed E-state index contributed by atoms with van der Waals surface area (Å²) in [6, 6.07) is 13.1. The second-order valence-corrected chi connectivity index (χ2v) is 5.42. The maximum atomic E-state index is 12.1. The van der Waals surface area contributed by atoms with Crippen molar-refractivity contribution in [3.63, 3.8) is 0 Å². The maximum absolute atomic E-state index is 12.1. The van der Waals surface area contributed by atoms with Crippen molar-refractivity contribution >= 4 is 5.91 Å². The summed E-state index contributed by atoms with van der Waals surface area (Å²) in [5, 5.41) is 2.89. The van der Waals surface area contributed by atoms with Crippen molar-refractivity contribution in [3.05, 3.63) is 65.9 Å². The molecule has 23 heavy (non-hydrogen) atoms. The third kappa shape index (κ3) is 3.69. The number of rotatable bonds is 5. The highest BCUT2D eigenvalue weighted by atomic mass is 16.3. The van der Waals surface area contributed by atoms with Gasteiger partial charge in [0.05, 0.1) is 18.2 Å². The number of aromatic nitrogens is 1. The number of hydrogen-bond donors (Lipinski definition) is 1. The lowest BCUT2D eigenvalue weighted by atomic mass is 10.2. The quantitative estimate of drug-likeness (QED) is 0.781. The highest BCUT2D eigenvalue weighted by Crippen LogP contribution is 2.19. The van der Waals surface area contributed by atoms with Gasteiger partial charge in [0.2, 0.25) is 11.8 Å². The topological polar surface area (TPSA) is 68.3 Å². The Kier molecular flexibility index (Phi) is 4.28. The average molecular weight is 310 g/mol. The Hall–Kier alpha value is -2.82. The van der Waals surface area contributed by atoms with Crippen LogP contribution in [0.15, 0.2) is 57.6 Å². The molecule has 2 heterocycles. The standard InChI is InChI=1S/C18H18N2O3/c1-12-8-9-16(23-12)13(2)19-17(21)10-15-11-22-18(20-15)14-6-4-3-5-7-14/h3-9,11,13H,10H2,1-2H3,(H,19,21). The first-order valence-electron chi connectivity index (χ1n) is 7.47. The smallest absolute Gasteiger partial charge is 0.226 e. The lowest BCUT2D eigenvalue weighted by Gasteiger charge is -2.10. The van der Waals surface area contributed by atoms with Crippen LogP contribution in [0.3, 0.4) is 0 Å². The molecule has 0 saturated heterocycles. The van der Waals surface area contributed by atoms with Crippen LogP contribution in [0.4, 0.5) is 0 Å². The number of hydrogen-bond acceptors (Lipinski definition) is 4. The number of oxazole rings is 1. The molecule has 0 bridgehead atoms. The molecule has 0 aliphatic rings. The van der Waals surface area contributed by atoms with Crippen LogP contribution >= 0.6 is 0 Å². The number of benzene rings is 1. The zero-order valence-electron chi connectivity index (χ0n) is 13.1.